The third kappa shape index (κ3) is 5.44. The Morgan fingerprint density at radius 3 is 2.50 bits per heavy atom. The van der Waals surface area contributed by atoms with Crippen LogP contribution in [0.25, 0.3) is 10.9 Å². The molecule has 2 heterocycles. The second kappa shape index (κ2) is 10.1. The number of ether oxygens (including phenoxy) is 1. The average molecular weight is 427 g/mol. The molecule has 4 nitrogen and oxygen atoms in total. The summed E-state index contributed by atoms with van der Waals surface area (Å²) in [5, 5.41) is 1.04. The van der Waals surface area contributed by atoms with Crippen LogP contribution < -0.4 is 10.3 Å². The molecule has 5 heteroatoms. The van der Waals surface area contributed by atoms with Crippen molar-refractivity contribution in [2.45, 2.75) is 39.0 Å². The van der Waals surface area contributed by atoms with Crippen LogP contribution in [0.3, 0.4) is 0 Å². The first-order valence-electron chi connectivity index (χ1n) is 10.6. The maximum atomic E-state index is 11.6. The number of nitrogens with one attached hydrogen (secondary N) is 1. The number of aryl methyl sites for hydroxylation is 2. The third-order valence-electron chi connectivity index (χ3n) is 6.05. The summed E-state index contributed by atoms with van der Waals surface area (Å²) >= 11 is 0. The van der Waals surface area contributed by atoms with Crippen LogP contribution in [0.2, 0.25) is 0 Å². The van der Waals surface area contributed by atoms with E-state index in [2.05, 4.69) is 41.1 Å². The highest BCUT2D eigenvalue weighted by Gasteiger charge is 2.20. The molecule has 0 saturated carbocycles. The predicted molar refractivity (Wildman–Crippen MR) is 126 cm³/mol. The lowest BCUT2D eigenvalue weighted by molar-refractivity contribution is 0.193. The average Bonchev–Trinajstić information content (AvgIpc) is 2.72. The number of aromatic amines is 1. The van der Waals surface area contributed by atoms with Gasteiger partial charge in [-0.1, -0.05) is 29.8 Å². The molecule has 0 aliphatic carbocycles. The molecule has 0 atom stereocenters. The van der Waals surface area contributed by atoms with E-state index in [1.54, 1.807) is 6.07 Å². The summed E-state index contributed by atoms with van der Waals surface area (Å²) in [4.78, 5) is 17.0. The van der Waals surface area contributed by atoms with Crippen LogP contribution in [0.1, 0.15) is 41.9 Å². The van der Waals surface area contributed by atoms with Crippen molar-refractivity contribution in [2.75, 3.05) is 26.2 Å². The Labute approximate surface area is 184 Å². The molecule has 1 fully saturated rings. The van der Waals surface area contributed by atoms with E-state index >= 15 is 0 Å². The molecule has 0 spiro atoms. The monoisotopic (exact) mass is 426 g/mol. The Morgan fingerprint density at radius 1 is 1.03 bits per heavy atom. The van der Waals surface area contributed by atoms with Crippen molar-refractivity contribution in [1.82, 2.24) is 9.88 Å². The zero-order valence-electron chi connectivity index (χ0n) is 17.8. The molecule has 2 aromatic carbocycles. The molecule has 0 radical (unpaired) electrons. The largest absolute Gasteiger partial charge is 0.494 e. The van der Waals surface area contributed by atoms with Crippen LogP contribution >= 0.6 is 12.4 Å². The van der Waals surface area contributed by atoms with Crippen molar-refractivity contribution >= 4 is 23.3 Å². The van der Waals surface area contributed by atoms with Crippen molar-refractivity contribution in [2.24, 2.45) is 0 Å². The minimum atomic E-state index is -0.0604. The molecular formula is C25H31ClN2O2. The number of hydrogen-bond donors (Lipinski definition) is 1. The van der Waals surface area contributed by atoms with E-state index in [-0.39, 0.29) is 18.0 Å². The highest BCUT2D eigenvalue weighted by Crippen LogP contribution is 2.28. The minimum Gasteiger partial charge on any atom is -0.494 e. The van der Waals surface area contributed by atoms with Gasteiger partial charge in [-0.05, 0) is 81.4 Å². The number of benzene rings is 2. The van der Waals surface area contributed by atoms with Crippen LogP contribution in [0, 0.1) is 13.8 Å². The van der Waals surface area contributed by atoms with Gasteiger partial charge in [0.05, 0.1) is 6.61 Å². The standard InChI is InChI=1S/C25H30N2O2.ClH/c1-18-4-6-20(7-5-18)21-10-13-27(14-11-21)12-3-15-29-22-8-9-24-23(17-22)19(2)16-25(28)26-24;/h4-9,16-17,21H,3,10-15H2,1-2H3,(H,26,28);1H. The summed E-state index contributed by atoms with van der Waals surface area (Å²) < 4.78 is 5.97. The number of nitrogens with zero attached hydrogens (tertiary/aromatic N) is 1. The van der Waals surface area contributed by atoms with Gasteiger partial charge < -0.3 is 14.6 Å². The van der Waals surface area contributed by atoms with Crippen molar-refractivity contribution < 1.29 is 4.74 Å². The van der Waals surface area contributed by atoms with Gasteiger partial charge in [-0.25, -0.2) is 0 Å². The third-order valence-corrected chi connectivity index (χ3v) is 6.05. The highest BCUT2D eigenvalue weighted by atomic mass is 35.5. The summed E-state index contributed by atoms with van der Waals surface area (Å²) in [6.45, 7) is 8.24. The van der Waals surface area contributed by atoms with Gasteiger partial charge in [0.2, 0.25) is 5.56 Å². The number of H-pyrrole nitrogens is 1. The minimum absolute atomic E-state index is 0. The van der Waals surface area contributed by atoms with Gasteiger partial charge in [0, 0.05) is 23.5 Å². The van der Waals surface area contributed by atoms with Crippen molar-refractivity contribution in [3.05, 3.63) is 75.6 Å². The number of piperidine rings is 1. The molecule has 1 aromatic heterocycles. The Balaban J connectivity index is 0.00000256. The molecule has 1 saturated heterocycles. The van der Waals surface area contributed by atoms with Gasteiger partial charge in [-0.15, -0.1) is 12.4 Å². The number of fused-ring (bicyclic) bond motifs is 1. The number of aromatic nitrogens is 1. The number of pyridine rings is 1. The quantitative estimate of drug-likeness (QED) is 0.550. The molecule has 0 amide bonds. The number of hydrogen-bond acceptors (Lipinski definition) is 3. The lowest BCUT2D eigenvalue weighted by Crippen LogP contribution is -2.34. The number of likely N-dealkylation sites (tertiary alicyclic amines) is 1. The summed E-state index contributed by atoms with van der Waals surface area (Å²) in [6.07, 6.45) is 3.51. The second-order valence-electron chi connectivity index (χ2n) is 8.25. The van der Waals surface area contributed by atoms with E-state index in [1.807, 2.05) is 25.1 Å². The Kier molecular flexibility index (Phi) is 7.57. The van der Waals surface area contributed by atoms with E-state index in [0.717, 1.165) is 35.2 Å². The van der Waals surface area contributed by atoms with Crippen LogP contribution in [0.15, 0.2) is 53.3 Å². The van der Waals surface area contributed by atoms with Gasteiger partial charge in [-0.2, -0.15) is 0 Å². The van der Waals surface area contributed by atoms with E-state index in [0.29, 0.717) is 12.5 Å². The van der Waals surface area contributed by atoms with Crippen LogP contribution in [-0.2, 0) is 0 Å². The van der Waals surface area contributed by atoms with E-state index < -0.39 is 0 Å². The molecule has 30 heavy (non-hydrogen) atoms. The maximum Gasteiger partial charge on any atom is 0.248 e. The zero-order valence-corrected chi connectivity index (χ0v) is 18.6. The SMILES string of the molecule is Cc1ccc(C2CCN(CCCOc3ccc4[nH]c(=O)cc(C)c4c3)CC2)cc1.Cl. The maximum absolute atomic E-state index is 11.6. The number of rotatable bonds is 6. The molecular weight excluding hydrogens is 396 g/mol. The molecule has 3 aromatic rings. The second-order valence-corrected chi connectivity index (χ2v) is 8.25. The summed E-state index contributed by atoms with van der Waals surface area (Å²) in [5.41, 5.74) is 4.60. The lowest BCUT2D eigenvalue weighted by Gasteiger charge is -2.32. The Morgan fingerprint density at radius 2 is 1.77 bits per heavy atom. The van der Waals surface area contributed by atoms with Gasteiger partial charge in [0.1, 0.15) is 5.75 Å². The molecule has 160 valence electrons. The van der Waals surface area contributed by atoms with E-state index in [4.69, 9.17) is 4.74 Å². The summed E-state index contributed by atoms with van der Waals surface area (Å²) in [7, 11) is 0. The Hall–Kier alpha value is -2.30. The first-order valence-corrected chi connectivity index (χ1v) is 10.6. The number of halogens is 1. The molecule has 4 rings (SSSR count). The van der Waals surface area contributed by atoms with Crippen molar-refractivity contribution in [3.63, 3.8) is 0 Å². The molecule has 1 aliphatic heterocycles. The highest BCUT2D eigenvalue weighted by molar-refractivity contribution is 5.85. The van der Waals surface area contributed by atoms with Crippen LogP contribution in [0.4, 0.5) is 0 Å². The lowest BCUT2D eigenvalue weighted by atomic mass is 9.89. The fraction of sp³-hybridized carbons (Fsp3) is 0.400. The first kappa shape index (κ1) is 22.4. The van der Waals surface area contributed by atoms with Crippen LogP contribution in [-0.4, -0.2) is 36.1 Å². The fourth-order valence-electron chi connectivity index (χ4n) is 4.30. The Bertz CT molecular complexity index is 1020. The molecule has 1 aliphatic rings. The van der Waals surface area contributed by atoms with E-state index in [1.165, 1.54) is 37.1 Å². The van der Waals surface area contributed by atoms with Gasteiger partial charge >= 0.3 is 0 Å². The molecule has 0 bridgehead atoms. The topological polar surface area (TPSA) is 45.3 Å². The molecule has 1 N–H and O–H groups in total. The van der Waals surface area contributed by atoms with Crippen LogP contribution in [0.5, 0.6) is 5.75 Å². The smallest absolute Gasteiger partial charge is 0.248 e. The predicted octanol–water partition coefficient (Wildman–Crippen LogP) is 5.22. The normalized spacial score (nSPS) is 15.1. The zero-order chi connectivity index (χ0) is 20.2. The molecule has 0 unspecified atom stereocenters. The van der Waals surface area contributed by atoms with Gasteiger partial charge in [0.25, 0.3) is 0 Å². The summed E-state index contributed by atoms with van der Waals surface area (Å²) in [5.74, 6) is 1.57. The van der Waals surface area contributed by atoms with Crippen molar-refractivity contribution in [1.29, 1.82) is 0 Å². The fourth-order valence-corrected chi connectivity index (χ4v) is 4.30. The van der Waals surface area contributed by atoms with Crippen molar-refractivity contribution in [3.8, 4) is 5.75 Å². The van der Waals surface area contributed by atoms with E-state index in [9.17, 15) is 4.79 Å². The van der Waals surface area contributed by atoms with Gasteiger partial charge in [-0.3, -0.25) is 4.79 Å². The summed E-state index contributed by atoms with van der Waals surface area (Å²) in [6, 6.07) is 16.6. The van der Waals surface area contributed by atoms with Gasteiger partial charge in [0.15, 0.2) is 0 Å². The first-order chi connectivity index (χ1) is 14.1.